The van der Waals surface area contributed by atoms with Gasteiger partial charge >= 0.3 is 0 Å². The van der Waals surface area contributed by atoms with Crippen molar-refractivity contribution in [2.45, 2.75) is 20.0 Å². The molecule has 1 atom stereocenters. The van der Waals surface area contributed by atoms with Crippen LogP contribution in [0.2, 0.25) is 5.02 Å². The molecule has 0 bridgehead atoms. The molecule has 0 fully saturated rings. The molecule has 2 aromatic carbocycles. The first kappa shape index (κ1) is 17.2. The molecule has 1 N–H and O–H groups in total. The number of aryl methyl sites for hydroxylation is 1. The van der Waals surface area contributed by atoms with Crippen molar-refractivity contribution >= 4 is 17.5 Å². The summed E-state index contributed by atoms with van der Waals surface area (Å²) in [5.41, 5.74) is 1.06. The molecule has 0 heterocycles. The molecule has 1 amide bonds. The van der Waals surface area contributed by atoms with Crippen LogP contribution in [0.4, 0.5) is 0 Å². The third kappa shape index (κ3) is 5.18. The van der Waals surface area contributed by atoms with Crippen molar-refractivity contribution in [2.75, 3.05) is 13.2 Å². The minimum atomic E-state index is -0.631. The summed E-state index contributed by atoms with van der Waals surface area (Å²) in [5.74, 6) is 1.10. The minimum absolute atomic E-state index is 0.210. The number of ether oxygens (including phenoxy) is 2. The molecule has 0 spiro atoms. The molecule has 122 valence electrons. The number of hydrogen-bond donors (Lipinski definition) is 1. The first-order valence-corrected chi connectivity index (χ1v) is 7.83. The van der Waals surface area contributed by atoms with Crippen molar-refractivity contribution in [3.63, 3.8) is 0 Å². The third-order valence-corrected chi connectivity index (χ3v) is 3.57. The Kier molecular flexibility index (Phi) is 6.29. The van der Waals surface area contributed by atoms with E-state index in [-0.39, 0.29) is 5.91 Å². The molecular formula is C18H20ClNO3. The topological polar surface area (TPSA) is 47.6 Å². The zero-order chi connectivity index (χ0) is 16.7. The van der Waals surface area contributed by atoms with Crippen LogP contribution in [0.5, 0.6) is 11.5 Å². The number of rotatable bonds is 7. The molecule has 0 aromatic heterocycles. The summed E-state index contributed by atoms with van der Waals surface area (Å²) in [6, 6.07) is 14.8. The smallest absolute Gasteiger partial charge is 0.260 e. The zero-order valence-corrected chi connectivity index (χ0v) is 14.0. The van der Waals surface area contributed by atoms with Crippen LogP contribution in [0.1, 0.15) is 12.5 Å². The fraction of sp³-hybridized carbons (Fsp3) is 0.278. The van der Waals surface area contributed by atoms with Crippen molar-refractivity contribution in [3.8, 4) is 11.5 Å². The maximum Gasteiger partial charge on any atom is 0.260 e. The van der Waals surface area contributed by atoms with Gasteiger partial charge in [0, 0.05) is 0 Å². The molecule has 2 rings (SSSR count). The number of halogens is 1. The van der Waals surface area contributed by atoms with E-state index in [2.05, 4.69) is 5.32 Å². The minimum Gasteiger partial charge on any atom is -0.491 e. The van der Waals surface area contributed by atoms with Gasteiger partial charge in [0.25, 0.3) is 5.91 Å². The Morgan fingerprint density at radius 1 is 1.13 bits per heavy atom. The van der Waals surface area contributed by atoms with E-state index < -0.39 is 6.10 Å². The second-order valence-corrected chi connectivity index (χ2v) is 5.50. The van der Waals surface area contributed by atoms with Crippen LogP contribution in [0, 0.1) is 6.92 Å². The van der Waals surface area contributed by atoms with Gasteiger partial charge in [-0.1, -0.05) is 41.9 Å². The highest BCUT2D eigenvalue weighted by atomic mass is 35.5. The highest BCUT2D eigenvalue weighted by molar-refractivity contribution is 6.32. The summed E-state index contributed by atoms with van der Waals surface area (Å²) >= 11 is 6.01. The molecule has 0 radical (unpaired) electrons. The number of carbonyl (C=O) groups is 1. The summed E-state index contributed by atoms with van der Waals surface area (Å²) in [7, 11) is 0. The molecule has 0 saturated heterocycles. The van der Waals surface area contributed by atoms with Crippen LogP contribution in [-0.2, 0) is 4.79 Å². The van der Waals surface area contributed by atoms with E-state index in [0.717, 1.165) is 11.3 Å². The largest absolute Gasteiger partial charge is 0.491 e. The van der Waals surface area contributed by atoms with E-state index in [0.29, 0.717) is 23.9 Å². The lowest BCUT2D eigenvalue weighted by Crippen LogP contribution is -2.38. The van der Waals surface area contributed by atoms with Gasteiger partial charge in [-0.05, 0) is 37.6 Å². The lowest BCUT2D eigenvalue weighted by Gasteiger charge is -2.16. The van der Waals surface area contributed by atoms with Crippen molar-refractivity contribution < 1.29 is 14.3 Å². The van der Waals surface area contributed by atoms with Crippen LogP contribution in [0.3, 0.4) is 0 Å². The van der Waals surface area contributed by atoms with Crippen LogP contribution >= 0.6 is 11.6 Å². The average molecular weight is 334 g/mol. The van der Waals surface area contributed by atoms with E-state index in [1.807, 2.05) is 43.3 Å². The van der Waals surface area contributed by atoms with E-state index in [1.165, 1.54) is 0 Å². The van der Waals surface area contributed by atoms with Crippen molar-refractivity contribution in [1.29, 1.82) is 0 Å². The molecule has 0 aliphatic carbocycles. The number of para-hydroxylation sites is 2. The fourth-order valence-corrected chi connectivity index (χ4v) is 2.16. The van der Waals surface area contributed by atoms with Gasteiger partial charge in [-0.2, -0.15) is 0 Å². The third-order valence-electron chi connectivity index (χ3n) is 3.26. The Labute approximate surface area is 141 Å². The van der Waals surface area contributed by atoms with Crippen LogP contribution in [-0.4, -0.2) is 25.2 Å². The van der Waals surface area contributed by atoms with Gasteiger partial charge < -0.3 is 14.8 Å². The van der Waals surface area contributed by atoms with Crippen LogP contribution < -0.4 is 14.8 Å². The second kappa shape index (κ2) is 8.44. The van der Waals surface area contributed by atoms with Crippen molar-refractivity contribution in [1.82, 2.24) is 5.32 Å². The number of hydrogen-bond acceptors (Lipinski definition) is 3. The Morgan fingerprint density at radius 2 is 1.78 bits per heavy atom. The SMILES string of the molecule is Cc1ccccc1OCCNC(=O)[C@H](C)Oc1ccccc1Cl. The van der Waals surface area contributed by atoms with Crippen LogP contribution in [0.15, 0.2) is 48.5 Å². The van der Waals surface area contributed by atoms with Crippen molar-refractivity contribution in [3.05, 3.63) is 59.1 Å². The molecular weight excluding hydrogens is 314 g/mol. The summed E-state index contributed by atoms with van der Waals surface area (Å²) < 4.78 is 11.2. The van der Waals surface area contributed by atoms with Crippen molar-refractivity contribution in [2.24, 2.45) is 0 Å². The van der Waals surface area contributed by atoms with Gasteiger partial charge in [-0.25, -0.2) is 0 Å². The van der Waals surface area contributed by atoms with Gasteiger partial charge in [-0.3, -0.25) is 4.79 Å². The molecule has 0 aliphatic heterocycles. The molecule has 0 unspecified atom stereocenters. The van der Waals surface area contributed by atoms with E-state index >= 15 is 0 Å². The number of carbonyl (C=O) groups excluding carboxylic acids is 1. The Balaban J connectivity index is 1.74. The highest BCUT2D eigenvalue weighted by Gasteiger charge is 2.15. The lowest BCUT2D eigenvalue weighted by atomic mass is 10.2. The first-order valence-electron chi connectivity index (χ1n) is 7.45. The lowest BCUT2D eigenvalue weighted by molar-refractivity contribution is -0.127. The standard InChI is InChI=1S/C18H20ClNO3/c1-13-7-3-5-9-16(13)22-12-11-20-18(21)14(2)23-17-10-6-4-8-15(17)19/h3-10,14H,11-12H2,1-2H3,(H,20,21)/t14-/m0/s1. The molecule has 0 saturated carbocycles. The highest BCUT2D eigenvalue weighted by Crippen LogP contribution is 2.24. The van der Waals surface area contributed by atoms with E-state index in [1.54, 1.807) is 19.1 Å². The number of amides is 1. The Bertz CT molecular complexity index is 660. The predicted octanol–water partition coefficient (Wildman–Crippen LogP) is 3.61. The maximum atomic E-state index is 12.0. The molecule has 0 aliphatic rings. The molecule has 23 heavy (non-hydrogen) atoms. The van der Waals surface area contributed by atoms with Gasteiger partial charge in [0.15, 0.2) is 6.10 Å². The molecule has 4 nitrogen and oxygen atoms in total. The van der Waals surface area contributed by atoms with Crippen LogP contribution in [0.25, 0.3) is 0 Å². The predicted molar refractivity (Wildman–Crippen MR) is 91.2 cm³/mol. The van der Waals surface area contributed by atoms with Gasteiger partial charge in [0.2, 0.25) is 0 Å². The van der Waals surface area contributed by atoms with Gasteiger partial charge in [0.1, 0.15) is 18.1 Å². The Morgan fingerprint density at radius 3 is 2.48 bits per heavy atom. The average Bonchev–Trinajstić information content (AvgIpc) is 2.55. The quantitative estimate of drug-likeness (QED) is 0.787. The van der Waals surface area contributed by atoms with E-state index in [9.17, 15) is 4.79 Å². The van der Waals surface area contributed by atoms with E-state index in [4.69, 9.17) is 21.1 Å². The summed E-state index contributed by atoms with van der Waals surface area (Å²) in [5, 5.41) is 3.26. The molecule has 5 heteroatoms. The zero-order valence-electron chi connectivity index (χ0n) is 13.2. The maximum absolute atomic E-state index is 12.0. The summed E-state index contributed by atoms with van der Waals surface area (Å²) in [6.07, 6.45) is -0.631. The molecule has 2 aromatic rings. The second-order valence-electron chi connectivity index (χ2n) is 5.10. The van der Waals surface area contributed by atoms with Gasteiger partial charge in [-0.15, -0.1) is 0 Å². The Hall–Kier alpha value is -2.20. The number of nitrogens with one attached hydrogen (secondary N) is 1. The van der Waals surface area contributed by atoms with Gasteiger partial charge in [0.05, 0.1) is 11.6 Å². The summed E-state index contributed by atoms with van der Waals surface area (Å²) in [6.45, 7) is 4.47. The number of benzene rings is 2. The summed E-state index contributed by atoms with van der Waals surface area (Å²) in [4.78, 5) is 12.0. The fourth-order valence-electron chi connectivity index (χ4n) is 1.98. The monoisotopic (exact) mass is 333 g/mol. The first-order chi connectivity index (χ1) is 11.1. The normalized spacial score (nSPS) is 11.6.